The molecule has 0 radical (unpaired) electrons. The molecule has 0 atom stereocenters. The molecule has 0 aliphatic carbocycles. The molecule has 2 rings (SSSR count). The lowest BCUT2D eigenvalue weighted by Gasteiger charge is -2.22. The summed E-state index contributed by atoms with van der Waals surface area (Å²) in [6, 6.07) is 9.55. The number of nitrogens with one attached hydrogen (secondary N) is 1. The van der Waals surface area contributed by atoms with Crippen LogP contribution in [-0.4, -0.2) is 61.4 Å². The number of hydrogen-bond acceptors (Lipinski definition) is 7. The fourth-order valence-electron chi connectivity index (χ4n) is 2.95. The zero-order valence-corrected chi connectivity index (χ0v) is 19.7. The molecule has 2 aromatic carbocycles. The largest absolute Gasteiger partial charge is 0.465 e. The van der Waals surface area contributed by atoms with Gasteiger partial charge in [-0.2, -0.15) is 4.31 Å². The van der Waals surface area contributed by atoms with Gasteiger partial charge in [-0.05, 0) is 42.5 Å². The second-order valence-electron chi connectivity index (χ2n) is 6.78. The first-order valence-corrected chi connectivity index (χ1v) is 12.4. The number of rotatable bonds is 9. The van der Waals surface area contributed by atoms with E-state index >= 15 is 0 Å². The minimum Gasteiger partial charge on any atom is -0.465 e. The highest BCUT2D eigenvalue weighted by Gasteiger charge is 2.25. The van der Waals surface area contributed by atoms with Crippen LogP contribution in [0.1, 0.15) is 24.2 Å². The van der Waals surface area contributed by atoms with Crippen molar-refractivity contribution in [2.75, 3.05) is 43.9 Å². The van der Waals surface area contributed by atoms with E-state index in [1.165, 1.54) is 47.8 Å². The molecule has 0 heterocycles. The second kappa shape index (κ2) is 9.67. The monoisotopic (exact) mass is 469 g/mol. The maximum absolute atomic E-state index is 12.9. The molecule has 11 heteroatoms. The Bertz CT molecular complexity index is 1140. The van der Waals surface area contributed by atoms with E-state index in [9.17, 15) is 21.6 Å². The fraction of sp³-hybridized carbons (Fsp3) is 0.350. The van der Waals surface area contributed by atoms with Gasteiger partial charge in [0.05, 0.1) is 33.8 Å². The van der Waals surface area contributed by atoms with Crippen LogP contribution in [0.5, 0.6) is 0 Å². The molecule has 0 aliphatic heterocycles. The number of hydrogen-bond donors (Lipinski definition) is 1. The highest BCUT2D eigenvalue weighted by Crippen LogP contribution is 2.31. The summed E-state index contributed by atoms with van der Waals surface area (Å²) in [5.41, 5.74) is 0.825. The molecule has 170 valence electrons. The van der Waals surface area contributed by atoms with Crippen LogP contribution in [0.15, 0.2) is 52.3 Å². The third kappa shape index (κ3) is 5.35. The van der Waals surface area contributed by atoms with E-state index in [-0.39, 0.29) is 21.0 Å². The Kier molecular flexibility index (Phi) is 7.68. The minimum absolute atomic E-state index is 0.0134. The van der Waals surface area contributed by atoms with E-state index in [1.807, 2.05) is 0 Å². The van der Waals surface area contributed by atoms with Gasteiger partial charge in [0.25, 0.3) is 10.0 Å². The van der Waals surface area contributed by atoms with Gasteiger partial charge in [-0.1, -0.05) is 13.8 Å². The quantitative estimate of drug-likeness (QED) is 0.561. The summed E-state index contributed by atoms with van der Waals surface area (Å²) in [6.45, 7) is 4.05. The van der Waals surface area contributed by atoms with Crippen LogP contribution >= 0.6 is 0 Å². The normalized spacial score (nSPS) is 11.9. The molecule has 31 heavy (non-hydrogen) atoms. The third-order valence-corrected chi connectivity index (χ3v) is 8.05. The number of benzene rings is 2. The van der Waals surface area contributed by atoms with Crippen molar-refractivity contribution < 1.29 is 26.4 Å². The van der Waals surface area contributed by atoms with Crippen molar-refractivity contribution in [1.82, 2.24) is 4.31 Å². The molecule has 0 aromatic heterocycles. The maximum atomic E-state index is 12.9. The van der Waals surface area contributed by atoms with E-state index in [1.54, 1.807) is 38.9 Å². The molecule has 0 aliphatic rings. The number of ether oxygens (including phenoxy) is 1. The summed E-state index contributed by atoms with van der Waals surface area (Å²) in [5, 5.41) is 0. The van der Waals surface area contributed by atoms with Gasteiger partial charge in [0.15, 0.2) is 0 Å². The topological polar surface area (TPSA) is 113 Å². The molecule has 0 unspecified atom stereocenters. The summed E-state index contributed by atoms with van der Waals surface area (Å²) in [7, 11) is -3.15. The van der Waals surface area contributed by atoms with Gasteiger partial charge in [-0.3, -0.25) is 4.72 Å². The predicted octanol–water partition coefficient (Wildman–Crippen LogP) is 2.37. The zero-order valence-electron chi connectivity index (χ0n) is 18.1. The Labute approximate surface area is 183 Å². The lowest BCUT2D eigenvalue weighted by Crippen LogP contribution is -2.30. The number of esters is 1. The first-order valence-electron chi connectivity index (χ1n) is 9.50. The zero-order chi connectivity index (χ0) is 23.4. The Morgan fingerprint density at radius 3 is 1.97 bits per heavy atom. The van der Waals surface area contributed by atoms with E-state index in [0.29, 0.717) is 18.8 Å². The lowest BCUT2D eigenvalue weighted by molar-refractivity contribution is 0.0600. The van der Waals surface area contributed by atoms with Crippen LogP contribution in [0, 0.1) is 0 Å². The highest BCUT2D eigenvalue weighted by molar-refractivity contribution is 7.92. The SMILES string of the molecule is CCN(CC)S(=O)(=O)c1ccc(N(C)C)c(NS(=O)(=O)c2ccc(C(=O)OC)cc2)c1. The smallest absolute Gasteiger partial charge is 0.337 e. The van der Waals surface area contributed by atoms with Crippen LogP contribution in [-0.2, 0) is 24.8 Å². The average molecular weight is 470 g/mol. The lowest BCUT2D eigenvalue weighted by atomic mass is 10.2. The number of carbonyl (C=O) groups is 1. The van der Waals surface area contributed by atoms with Gasteiger partial charge in [0.1, 0.15) is 0 Å². The molecule has 1 N–H and O–H groups in total. The first-order chi connectivity index (χ1) is 14.5. The number of sulfonamides is 2. The van der Waals surface area contributed by atoms with Gasteiger partial charge < -0.3 is 9.64 Å². The van der Waals surface area contributed by atoms with Crippen molar-refractivity contribution in [3.05, 3.63) is 48.0 Å². The van der Waals surface area contributed by atoms with Gasteiger partial charge in [0.2, 0.25) is 10.0 Å². The molecule has 0 spiro atoms. The molecule has 9 nitrogen and oxygen atoms in total. The predicted molar refractivity (Wildman–Crippen MR) is 119 cm³/mol. The van der Waals surface area contributed by atoms with E-state index in [4.69, 9.17) is 0 Å². The highest BCUT2D eigenvalue weighted by atomic mass is 32.2. The molecular weight excluding hydrogens is 442 g/mol. The van der Waals surface area contributed by atoms with Crippen LogP contribution in [0.2, 0.25) is 0 Å². The van der Waals surface area contributed by atoms with Crippen molar-refractivity contribution >= 4 is 37.4 Å². The number of methoxy groups -OCH3 is 1. The van der Waals surface area contributed by atoms with E-state index in [2.05, 4.69) is 9.46 Å². The standard InChI is InChI=1S/C20H27N3O6S2/c1-6-23(7-2)31(27,28)17-12-13-19(22(3)4)18(14-17)21-30(25,26)16-10-8-15(9-11-16)20(24)29-5/h8-14,21H,6-7H2,1-5H3. The Morgan fingerprint density at radius 1 is 0.935 bits per heavy atom. The van der Waals surface area contributed by atoms with Crippen LogP contribution in [0.4, 0.5) is 11.4 Å². The number of nitrogens with zero attached hydrogens (tertiary/aromatic N) is 2. The van der Waals surface area contributed by atoms with Crippen LogP contribution in [0.25, 0.3) is 0 Å². The van der Waals surface area contributed by atoms with Crippen molar-refractivity contribution in [3.63, 3.8) is 0 Å². The van der Waals surface area contributed by atoms with E-state index in [0.717, 1.165) is 0 Å². The van der Waals surface area contributed by atoms with Crippen LogP contribution in [0.3, 0.4) is 0 Å². The van der Waals surface area contributed by atoms with Crippen molar-refractivity contribution in [1.29, 1.82) is 0 Å². The van der Waals surface area contributed by atoms with Crippen molar-refractivity contribution in [3.8, 4) is 0 Å². The van der Waals surface area contributed by atoms with E-state index < -0.39 is 26.0 Å². The van der Waals surface area contributed by atoms with Crippen molar-refractivity contribution in [2.45, 2.75) is 23.6 Å². The molecule has 0 saturated carbocycles. The third-order valence-electron chi connectivity index (χ3n) is 4.62. The molecule has 0 amide bonds. The Morgan fingerprint density at radius 2 is 1.48 bits per heavy atom. The van der Waals surface area contributed by atoms with Gasteiger partial charge in [-0.15, -0.1) is 0 Å². The fourth-order valence-corrected chi connectivity index (χ4v) is 5.50. The minimum atomic E-state index is -4.05. The van der Waals surface area contributed by atoms with Gasteiger partial charge >= 0.3 is 5.97 Å². The second-order valence-corrected chi connectivity index (χ2v) is 10.4. The van der Waals surface area contributed by atoms with Gasteiger partial charge in [0, 0.05) is 27.2 Å². The molecule has 2 aromatic rings. The first kappa shape index (κ1) is 24.6. The average Bonchev–Trinajstić information content (AvgIpc) is 2.73. The summed E-state index contributed by atoms with van der Waals surface area (Å²) < 4.78 is 60.0. The number of anilines is 2. The molecule has 0 bridgehead atoms. The summed E-state index contributed by atoms with van der Waals surface area (Å²) in [5.74, 6) is -0.582. The summed E-state index contributed by atoms with van der Waals surface area (Å²) in [6.07, 6.45) is 0. The molecule has 0 saturated heterocycles. The van der Waals surface area contributed by atoms with Gasteiger partial charge in [-0.25, -0.2) is 21.6 Å². The number of carbonyl (C=O) groups excluding carboxylic acids is 1. The Balaban J connectivity index is 2.50. The summed E-state index contributed by atoms with van der Waals surface area (Å²) >= 11 is 0. The Hall–Kier alpha value is -2.63. The molecule has 0 fully saturated rings. The molecular formula is C20H27N3O6S2. The van der Waals surface area contributed by atoms with Crippen LogP contribution < -0.4 is 9.62 Å². The maximum Gasteiger partial charge on any atom is 0.337 e. The summed E-state index contributed by atoms with van der Waals surface area (Å²) in [4.78, 5) is 13.1. The van der Waals surface area contributed by atoms with Crippen molar-refractivity contribution in [2.24, 2.45) is 0 Å².